The van der Waals surface area contributed by atoms with E-state index in [1.807, 2.05) is 4.68 Å². The largest absolute Gasteiger partial charge is 0.416 e. The maximum atomic E-state index is 6.65. The molecule has 0 amide bonds. The van der Waals surface area contributed by atoms with E-state index in [0.29, 0.717) is 21.8 Å². The number of hydrogen-bond acceptors (Lipinski definition) is 4. The maximum absolute atomic E-state index is 6.65. The van der Waals surface area contributed by atoms with Gasteiger partial charge in [-0.2, -0.15) is 5.10 Å². The fourth-order valence-corrected chi connectivity index (χ4v) is 9.75. The van der Waals surface area contributed by atoms with Crippen molar-refractivity contribution in [2.75, 3.05) is 6.61 Å². The van der Waals surface area contributed by atoms with Gasteiger partial charge in [0.15, 0.2) is 14.0 Å². The molecule has 2 heterocycles. The summed E-state index contributed by atoms with van der Waals surface area (Å²) in [7, 11) is -1.82. The Morgan fingerprint density at radius 2 is 1.64 bits per heavy atom. The molecule has 1 atom stereocenters. The van der Waals surface area contributed by atoms with Gasteiger partial charge in [0.05, 0.1) is 18.4 Å². The molecule has 140 valence electrons. The lowest BCUT2D eigenvalue weighted by molar-refractivity contribution is 0.249. The van der Waals surface area contributed by atoms with Gasteiger partial charge in [0.1, 0.15) is 10.7 Å². The SMILES string of the molecule is CC(CCO[Si](C(C)C)(C(C)C)C(C)C)n1ncc2ncc(Cl)nc21. The molecule has 5 nitrogen and oxygen atoms in total. The first-order chi connectivity index (χ1) is 11.7. The Morgan fingerprint density at radius 1 is 1.04 bits per heavy atom. The first-order valence-corrected chi connectivity index (χ1v) is 11.7. The molecular formula is C18H31ClN4OSi. The zero-order chi connectivity index (χ0) is 18.8. The maximum Gasteiger partial charge on any atom is 0.200 e. The Kier molecular flexibility index (Phi) is 6.62. The topological polar surface area (TPSA) is 52.8 Å². The van der Waals surface area contributed by atoms with Crippen molar-refractivity contribution in [1.29, 1.82) is 0 Å². The van der Waals surface area contributed by atoms with Crippen molar-refractivity contribution in [1.82, 2.24) is 19.7 Å². The summed E-state index contributed by atoms with van der Waals surface area (Å²) in [6.07, 6.45) is 4.19. The predicted octanol–water partition coefficient (Wildman–Crippen LogP) is 5.62. The van der Waals surface area contributed by atoms with E-state index >= 15 is 0 Å². The Hall–Kier alpha value is -0.983. The lowest BCUT2D eigenvalue weighted by Gasteiger charge is -2.42. The smallest absolute Gasteiger partial charge is 0.200 e. The second-order valence-corrected chi connectivity index (χ2v) is 13.6. The van der Waals surface area contributed by atoms with Gasteiger partial charge in [0.25, 0.3) is 0 Å². The van der Waals surface area contributed by atoms with E-state index in [-0.39, 0.29) is 6.04 Å². The Morgan fingerprint density at radius 3 is 2.20 bits per heavy atom. The Bertz CT molecular complexity index is 680. The average Bonchev–Trinajstić information content (AvgIpc) is 2.93. The number of nitrogens with zero attached hydrogens (tertiary/aromatic N) is 4. The number of halogens is 1. The van der Waals surface area contributed by atoms with Crippen LogP contribution in [0.25, 0.3) is 11.2 Å². The van der Waals surface area contributed by atoms with E-state index in [1.165, 1.54) is 0 Å². The summed E-state index contributed by atoms with van der Waals surface area (Å²) < 4.78 is 8.56. The summed E-state index contributed by atoms with van der Waals surface area (Å²) in [5.74, 6) is 0. The van der Waals surface area contributed by atoms with Crippen LogP contribution in [0.1, 0.15) is 60.9 Å². The molecule has 0 aliphatic heterocycles. The second kappa shape index (κ2) is 8.14. The van der Waals surface area contributed by atoms with Crippen molar-refractivity contribution in [2.24, 2.45) is 0 Å². The standard InChI is InChI=1S/C18H31ClN4OSi/c1-12(2)25(13(3)4,14(5)6)24-9-8-15(7)23-18-16(10-21-23)20-11-17(19)22-18/h10-15H,8-9H2,1-7H3. The van der Waals surface area contributed by atoms with E-state index in [2.05, 4.69) is 63.5 Å². The van der Waals surface area contributed by atoms with Crippen LogP contribution in [0.4, 0.5) is 0 Å². The average molecular weight is 383 g/mol. The number of aromatic nitrogens is 4. The summed E-state index contributed by atoms with van der Waals surface area (Å²) >= 11 is 5.99. The third-order valence-electron chi connectivity index (χ3n) is 5.29. The highest BCUT2D eigenvalue weighted by molar-refractivity contribution is 6.77. The minimum absolute atomic E-state index is 0.184. The molecule has 2 rings (SSSR count). The monoisotopic (exact) mass is 382 g/mol. The molecule has 0 radical (unpaired) electrons. The Balaban J connectivity index is 2.10. The van der Waals surface area contributed by atoms with Crippen LogP contribution in [0.3, 0.4) is 0 Å². The predicted molar refractivity (Wildman–Crippen MR) is 107 cm³/mol. The van der Waals surface area contributed by atoms with Crippen molar-refractivity contribution in [2.45, 2.75) is 77.6 Å². The van der Waals surface area contributed by atoms with E-state index in [0.717, 1.165) is 24.2 Å². The van der Waals surface area contributed by atoms with Crippen LogP contribution in [0.5, 0.6) is 0 Å². The van der Waals surface area contributed by atoms with E-state index in [1.54, 1.807) is 12.4 Å². The molecule has 0 fully saturated rings. The highest BCUT2D eigenvalue weighted by Gasteiger charge is 2.44. The number of fused-ring (bicyclic) bond motifs is 1. The first kappa shape index (κ1) is 20.3. The molecule has 0 saturated carbocycles. The van der Waals surface area contributed by atoms with Crippen LogP contribution in [-0.4, -0.2) is 34.7 Å². The lowest BCUT2D eigenvalue weighted by Crippen LogP contribution is -2.48. The molecule has 0 aliphatic rings. The van der Waals surface area contributed by atoms with Gasteiger partial charge in [-0.1, -0.05) is 53.1 Å². The molecule has 0 saturated heterocycles. The number of hydrogen-bond donors (Lipinski definition) is 0. The molecule has 0 spiro atoms. The van der Waals surface area contributed by atoms with Gasteiger partial charge >= 0.3 is 0 Å². The van der Waals surface area contributed by atoms with Crippen LogP contribution >= 0.6 is 11.6 Å². The molecule has 0 aromatic carbocycles. The van der Waals surface area contributed by atoms with Crippen molar-refractivity contribution < 1.29 is 4.43 Å². The van der Waals surface area contributed by atoms with Gasteiger partial charge < -0.3 is 4.43 Å². The fourth-order valence-electron chi connectivity index (χ4n) is 4.15. The highest BCUT2D eigenvalue weighted by Crippen LogP contribution is 2.42. The normalized spacial score (nSPS) is 14.2. The quantitative estimate of drug-likeness (QED) is 0.555. The van der Waals surface area contributed by atoms with Gasteiger partial charge in [0, 0.05) is 6.61 Å². The zero-order valence-electron chi connectivity index (χ0n) is 16.5. The highest BCUT2D eigenvalue weighted by atomic mass is 35.5. The van der Waals surface area contributed by atoms with Crippen molar-refractivity contribution in [3.63, 3.8) is 0 Å². The molecule has 7 heteroatoms. The summed E-state index contributed by atoms with van der Waals surface area (Å²) in [5.41, 5.74) is 3.29. The van der Waals surface area contributed by atoms with Crippen LogP contribution in [-0.2, 0) is 4.43 Å². The van der Waals surface area contributed by atoms with E-state index in [9.17, 15) is 0 Å². The second-order valence-electron chi connectivity index (χ2n) is 7.79. The Labute approximate surface area is 157 Å². The van der Waals surface area contributed by atoms with Crippen LogP contribution in [0, 0.1) is 0 Å². The van der Waals surface area contributed by atoms with Gasteiger partial charge in [-0.15, -0.1) is 0 Å². The molecule has 0 bridgehead atoms. The van der Waals surface area contributed by atoms with Gasteiger partial charge in [0.2, 0.25) is 0 Å². The molecule has 25 heavy (non-hydrogen) atoms. The fraction of sp³-hybridized carbons (Fsp3) is 0.722. The van der Waals surface area contributed by atoms with Gasteiger partial charge in [-0.3, -0.25) is 0 Å². The van der Waals surface area contributed by atoms with E-state index < -0.39 is 8.32 Å². The molecule has 2 aromatic heterocycles. The summed E-state index contributed by atoms with van der Waals surface area (Å²) in [6.45, 7) is 16.8. The molecule has 0 aliphatic carbocycles. The van der Waals surface area contributed by atoms with Crippen LogP contribution in [0.2, 0.25) is 21.8 Å². The molecule has 2 aromatic rings. The zero-order valence-corrected chi connectivity index (χ0v) is 18.2. The lowest BCUT2D eigenvalue weighted by atomic mass is 10.2. The minimum atomic E-state index is -1.82. The van der Waals surface area contributed by atoms with Crippen LogP contribution < -0.4 is 0 Å². The first-order valence-electron chi connectivity index (χ1n) is 9.19. The molecular weight excluding hydrogens is 352 g/mol. The van der Waals surface area contributed by atoms with Crippen molar-refractivity contribution in [3.8, 4) is 0 Å². The number of rotatable bonds is 8. The summed E-state index contributed by atoms with van der Waals surface area (Å²) in [4.78, 5) is 8.64. The molecule has 1 unspecified atom stereocenters. The van der Waals surface area contributed by atoms with Crippen LogP contribution in [0.15, 0.2) is 12.4 Å². The van der Waals surface area contributed by atoms with Gasteiger partial charge in [-0.05, 0) is 30.0 Å². The summed E-state index contributed by atoms with van der Waals surface area (Å²) in [6, 6.07) is 0.184. The van der Waals surface area contributed by atoms with Gasteiger partial charge in [-0.25, -0.2) is 14.6 Å². The minimum Gasteiger partial charge on any atom is -0.416 e. The molecule has 0 N–H and O–H groups in total. The third kappa shape index (κ3) is 4.06. The van der Waals surface area contributed by atoms with Crippen molar-refractivity contribution in [3.05, 3.63) is 17.5 Å². The summed E-state index contributed by atoms with van der Waals surface area (Å²) in [5, 5.41) is 4.84. The van der Waals surface area contributed by atoms with E-state index in [4.69, 9.17) is 16.0 Å². The third-order valence-corrected chi connectivity index (χ3v) is 11.6. The van der Waals surface area contributed by atoms with Crippen molar-refractivity contribution >= 4 is 31.1 Å².